The lowest BCUT2D eigenvalue weighted by Gasteiger charge is -2.35. The molecule has 0 saturated carbocycles. The summed E-state index contributed by atoms with van der Waals surface area (Å²) in [5.41, 5.74) is 0. The Labute approximate surface area is 134 Å². The summed E-state index contributed by atoms with van der Waals surface area (Å²) >= 11 is 3.30. The van der Waals surface area contributed by atoms with Gasteiger partial charge >= 0.3 is 0 Å². The molecule has 0 aliphatic carbocycles. The van der Waals surface area contributed by atoms with Crippen molar-refractivity contribution in [3.05, 3.63) is 16.7 Å². The number of likely N-dealkylation sites (N-methyl/N-ethyl adjacent to an activating group) is 1. The Morgan fingerprint density at radius 1 is 1.48 bits per heavy atom. The highest BCUT2D eigenvalue weighted by atomic mass is 79.9. The number of anilines is 1. The molecule has 1 atom stereocenters. The summed E-state index contributed by atoms with van der Waals surface area (Å²) in [4.78, 5) is 6.44. The van der Waals surface area contributed by atoms with Gasteiger partial charge in [-0.2, -0.15) is 4.31 Å². The maximum absolute atomic E-state index is 12.9. The second-order valence-corrected chi connectivity index (χ2v) is 8.20. The van der Waals surface area contributed by atoms with E-state index in [1.54, 1.807) is 23.6 Å². The average molecular weight is 377 g/mol. The molecule has 8 heteroatoms. The van der Waals surface area contributed by atoms with E-state index >= 15 is 0 Å². The lowest BCUT2D eigenvalue weighted by molar-refractivity contribution is 0.190. The summed E-state index contributed by atoms with van der Waals surface area (Å²) in [7, 11) is 2.11. The molecule has 6 nitrogen and oxygen atoms in total. The molecule has 0 radical (unpaired) electrons. The van der Waals surface area contributed by atoms with Crippen LogP contribution in [-0.4, -0.2) is 62.9 Å². The highest BCUT2D eigenvalue weighted by Crippen LogP contribution is 2.28. The molecule has 0 bridgehead atoms. The van der Waals surface area contributed by atoms with E-state index in [0.717, 1.165) is 12.8 Å². The third-order valence-corrected chi connectivity index (χ3v) is 6.08. The van der Waals surface area contributed by atoms with Crippen LogP contribution < -0.4 is 5.32 Å². The first-order chi connectivity index (χ1) is 9.86. The zero-order chi connectivity index (χ0) is 15.6. The predicted octanol–water partition coefficient (Wildman–Crippen LogP) is 1.60. The maximum atomic E-state index is 12.9. The molecule has 1 aromatic heterocycles. The first kappa shape index (κ1) is 16.7. The van der Waals surface area contributed by atoms with Crippen molar-refractivity contribution in [2.75, 3.05) is 39.5 Å². The standard InChI is InChI=1S/C13H21BrN4O2S/c1-15-13-12(7-10(14)8-16-13)21(19,20)18-6-4-5-11(9-18)17(2)3/h7-8,11H,4-6,9H2,1-3H3,(H,15,16). The van der Waals surface area contributed by atoms with Crippen LogP contribution in [0.25, 0.3) is 0 Å². The molecular formula is C13H21BrN4O2S. The molecule has 1 aliphatic heterocycles. The Balaban J connectivity index is 2.35. The Bertz CT molecular complexity index is 606. The van der Waals surface area contributed by atoms with Gasteiger partial charge in [-0.3, -0.25) is 0 Å². The molecule has 1 unspecified atom stereocenters. The number of piperidine rings is 1. The summed E-state index contributed by atoms with van der Waals surface area (Å²) in [6.45, 7) is 1.08. The van der Waals surface area contributed by atoms with Gasteiger partial charge in [-0.05, 0) is 48.9 Å². The number of halogens is 1. The highest BCUT2D eigenvalue weighted by Gasteiger charge is 2.33. The number of hydrogen-bond donors (Lipinski definition) is 1. The van der Waals surface area contributed by atoms with E-state index in [2.05, 4.69) is 31.1 Å². The molecule has 1 aromatic rings. The molecule has 1 N–H and O–H groups in total. The molecule has 1 saturated heterocycles. The topological polar surface area (TPSA) is 65.5 Å². The second-order valence-electron chi connectivity index (χ2n) is 5.37. The number of sulfonamides is 1. The second kappa shape index (κ2) is 6.60. The molecule has 0 spiro atoms. The van der Waals surface area contributed by atoms with Crippen LogP contribution in [0.2, 0.25) is 0 Å². The van der Waals surface area contributed by atoms with E-state index in [1.807, 2.05) is 14.1 Å². The SMILES string of the molecule is CNc1ncc(Br)cc1S(=O)(=O)N1CCCC(N(C)C)C1. The van der Waals surface area contributed by atoms with E-state index < -0.39 is 10.0 Å². The number of aromatic nitrogens is 1. The first-order valence-electron chi connectivity index (χ1n) is 6.86. The number of nitrogens with one attached hydrogen (secondary N) is 1. The Kier molecular flexibility index (Phi) is 5.24. The van der Waals surface area contributed by atoms with E-state index in [-0.39, 0.29) is 10.9 Å². The van der Waals surface area contributed by atoms with Gasteiger partial charge in [0.15, 0.2) is 0 Å². The van der Waals surface area contributed by atoms with Crippen molar-refractivity contribution >= 4 is 31.8 Å². The molecule has 1 aliphatic rings. The van der Waals surface area contributed by atoms with Crippen LogP contribution in [0, 0.1) is 0 Å². The fourth-order valence-corrected chi connectivity index (χ4v) is 4.68. The molecule has 0 aromatic carbocycles. The Morgan fingerprint density at radius 3 is 2.81 bits per heavy atom. The van der Waals surface area contributed by atoms with E-state index in [4.69, 9.17) is 0 Å². The van der Waals surface area contributed by atoms with Crippen molar-refractivity contribution in [1.82, 2.24) is 14.2 Å². The largest absolute Gasteiger partial charge is 0.372 e. The molecule has 0 amide bonds. The van der Waals surface area contributed by atoms with Crippen LogP contribution >= 0.6 is 15.9 Å². The van der Waals surface area contributed by atoms with Gasteiger partial charge in [-0.15, -0.1) is 0 Å². The fourth-order valence-electron chi connectivity index (χ4n) is 2.50. The van der Waals surface area contributed by atoms with E-state index in [0.29, 0.717) is 23.4 Å². The van der Waals surface area contributed by atoms with Crippen molar-refractivity contribution in [1.29, 1.82) is 0 Å². The molecule has 2 heterocycles. The molecule has 118 valence electrons. The fraction of sp³-hybridized carbons (Fsp3) is 0.615. The van der Waals surface area contributed by atoms with Gasteiger partial charge in [0.1, 0.15) is 10.7 Å². The molecule has 1 fully saturated rings. The quantitative estimate of drug-likeness (QED) is 0.864. The smallest absolute Gasteiger partial charge is 0.246 e. The maximum Gasteiger partial charge on any atom is 0.246 e. The Morgan fingerprint density at radius 2 is 2.19 bits per heavy atom. The summed E-state index contributed by atoms with van der Waals surface area (Å²) in [5, 5.41) is 2.85. The van der Waals surface area contributed by atoms with Gasteiger partial charge in [0, 0.05) is 36.8 Å². The lowest BCUT2D eigenvalue weighted by atomic mass is 10.1. The third-order valence-electron chi connectivity index (χ3n) is 3.76. The average Bonchev–Trinajstić information content (AvgIpc) is 2.47. The minimum absolute atomic E-state index is 0.221. The van der Waals surface area contributed by atoms with Gasteiger partial charge in [0.2, 0.25) is 10.0 Å². The van der Waals surface area contributed by atoms with Gasteiger partial charge in [0.25, 0.3) is 0 Å². The van der Waals surface area contributed by atoms with Crippen LogP contribution in [0.1, 0.15) is 12.8 Å². The highest BCUT2D eigenvalue weighted by molar-refractivity contribution is 9.10. The normalized spacial score (nSPS) is 20.7. The third kappa shape index (κ3) is 3.56. The van der Waals surface area contributed by atoms with Crippen molar-refractivity contribution < 1.29 is 8.42 Å². The lowest BCUT2D eigenvalue weighted by Crippen LogP contribution is -2.47. The summed E-state index contributed by atoms with van der Waals surface area (Å²) < 4.78 is 28.0. The first-order valence-corrected chi connectivity index (χ1v) is 9.09. The predicted molar refractivity (Wildman–Crippen MR) is 87.0 cm³/mol. The molecule has 2 rings (SSSR count). The zero-order valence-corrected chi connectivity index (χ0v) is 14.9. The van der Waals surface area contributed by atoms with Crippen LogP contribution in [0.3, 0.4) is 0 Å². The Hall–Kier alpha value is -0.700. The number of hydrogen-bond acceptors (Lipinski definition) is 5. The van der Waals surface area contributed by atoms with Crippen molar-refractivity contribution in [3.8, 4) is 0 Å². The van der Waals surface area contributed by atoms with Crippen LogP contribution in [-0.2, 0) is 10.0 Å². The minimum Gasteiger partial charge on any atom is -0.372 e. The van der Waals surface area contributed by atoms with Crippen molar-refractivity contribution in [3.63, 3.8) is 0 Å². The van der Waals surface area contributed by atoms with Crippen LogP contribution in [0.5, 0.6) is 0 Å². The van der Waals surface area contributed by atoms with Gasteiger partial charge < -0.3 is 10.2 Å². The van der Waals surface area contributed by atoms with Crippen molar-refractivity contribution in [2.45, 2.75) is 23.8 Å². The van der Waals surface area contributed by atoms with Gasteiger partial charge in [0.05, 0.1) is 0 Å². The summed E-state index contributed by atoms with van der Waals surface area (Å²) in [6, 6.07) is 1.86. The molecule has 21 heavy (non-hydrogen) atoms. The number of pyridine rings is 1. The summed E-state index contributed by atoms with van der Waals surface area (Å²) in [6.07, 6.45) is 3.48. The van der Waals surface area contributed by atoms with Crippen LogP contribution in [0.4, 0.5) is 5.82 Å². The number of rotatable bonds is 4. The van der Waals surface area contributed by atoms with Crippen molar-refractivity contribution in [2.24, 2.45) is 0 Å². The van der Waals surface area contributed by atoms with Gasteiger partial charge in [-0.1, -0.05) is 0 Å². The molecular weight excluding hydrogens is 356 g/mol. The zero-order valence-electron chi connectivity index (χ0n) is 12.5. The monoisotopic (exact) mass is 376 g/mol. The van der Waals surface area contributed by atoms with Gasteiger partial charge in [-0.25, -0.2) is 13.4 Å². The minimum atomic E-state index is -3.54. The van der Waals surface area contributed by atoms with E-state index in [9.17, 15) is 8.42 Å². The van der Waals surface area contributed by atoms with E-state index in [1.165, 1.54) is 0 Å². The van der Waals surface area contributed by atoms with Crippen LogP contribution in [0.15, 0.2) is 21.6 Å². The number of nitrogens with zero attached hydrogens (tertiary/aromatic N) is 3. The summed E-state index contributed by atoms with van der Waals surface area (Å²) in [5.74, 6) is 0.380.